The number of benzene rings is 2. The van der Waals surface area contributed by atoms with Crippen LogP contribution < -0.4 is 10.1 Å². The Kier molecular flexibility index (Phi) is 7.34. The number of unbranched alkanes of at least 4 members (excludes halogenated alkanes) is 1. The fourth-order valence-electron chi connectivity index (χ4n) is 1.98. The number of nitrogens with zero attached hydrogens (tertiary/aromatic N) is 1. The van der Waals surface area contributed by atoms with Crippen molar-refractivity contribution >= 4 is 40.9 Å². The molecule has 0 aliphatic rings. The largest absolute Gasteiger partial charge is 0.493 e. The van der Waals surface area contributed by atoms with Crippen molar-refractivity contribution < 1.29 is 9.53 Å². The minimum absolute atomic E-state index is 0.271. The van der Waals surface area contributed by atoms with Crippen LogP contribution in [-0.2, 0) is 4.79 Å². The number of anilines is 1. The summed E-state index contributed by atoms with van der Waals surface area (Å²) < 4.78 is 5.54. The molecule has 0 aliphatic carbocycles. The van der Waals surface area contributed by atoms with Crippen LogP contribution in [0.5, 0.6) is 5.75 Å². The van der Waals surface area contributed by atoms with Crippen LogP contribution in [0.4, 0.5) is 5.69 Å². The highest BCUT2D eigenvalue weighted by Gasteiger charge is 2.02. The van der Waals surface area contributed by atoms with Crippen molar-refractivity contribution in [1.29, 1.82) is 5.26 Å². The van der Waals surface area contributed by atoms with Crippen LogP contribution in [0.3, 0.4) is 0 Å². The van der Waals surface area contributed by atoms with Crippen LogP contribution in [0, 0.1) is 11.3 Å². The minimum Gasteiger partial charge on any atom is -0.493 e. The molecule has 0 saturated carbocycles. The summed E-state index contributed by atoms with van der Waals surface area (Å²) in [4.78, 5) is 12.0. The molecule has 0 spiro atoms. The zero-order valence-corrected chi connectivity index (χ0v) is 14.8. The molecule has 0 bridgehead atoms. The normalized spacial score (nSPS) is 10.4. The summed E-state index contributed by atoms with van der Waals surface area (Å²) in [7, 11) is 0. The topological polar surface area (TPSA) is 62.1 Å². The summed E-state index contributed by atoms with van der Waals surface area (Å²) in [5, 5.41) is 12.2. The zero-order valence-electron chi connectivity index (χ0n) is 13.3. The fraction of sp³-hybridized carbons (Fsp3) is 0.158. The number of nitriles is 1. The predicted molar refractivity (Wildman–Crippen MR) is 101 cm³/mol. The molecule has 1 amide bonds. The Morgan fingerprint density at radius 3 is 2.80 bits per heavy atom. The minimum atomic E-state index is -0.271. The molecular weight excluding hydrogens is 359 g/mol. The lowest BCUT2D eigenvalue weighted by Gasteiger charge is -2.07. The van der Waals surface area contributed by atoms with Gasteiger partial charge in [0.05, 0.1) is 22.7 Å². The number of carbonyl (C=O) groups excluding carboxylic acids is 1. The number of ether oxygens (including phenoxy) is 1. The summed E-state index contributed by atoms with van der Waals surface area (Å²) in [5.41, 5.74) is 1.40. The second-order valence-corrected chi connectivity index (χ2v) is 5.95. The molecule has 4 nitrogen and oxygen atoms in total. The monoisotopic (exact) mass is 374 g/mol. The molecule has 2 rings (SSSR count). The van der Waals surface area contributed by atoms with Crippen molar-refractivity contribution in [1.82, 2.24) is 0 Å². The number of carbonyl (C=O) groups is 1. The second-order valence-electron chi connectivity index (χ2n) is 5.13. The molecule has 0 aliphatic heterocycles. The average Bonchev–Trinajstić information content (AvgIpc) is 2.60. The van der Waals surface area contributed by atoms with Gasteiger partial charge in [0, 0.05) is 24.3 Å². The molecule has 6 heteroatoms. The summed E-state index contributed by atoms with van der Waals surface area (Å²) in [5.74, 6) is 0.372. The van der Waals surface area contributed by atoms with Gasteiger partial charge in [-0.15, -0.1) is 0 Å². The predicted octanol–water partition coefficient (Wildman–Crippen LogP) is 5.33. The van der Waals surface area contributed by atoms with E-state index in [9.17, 15) is 4.79 Å². The van der Waals surface area contributed by atoms with E-state index in [0.29, 0.717) is 40.9 Å². The Balaban J connectivity index is 1.92. The molecule has 0 fully saturated rings. The fourth-order valence-corrected chi connectivity index (χ4v) is 2.28. The first kappa shape index (κ1) is 18.9. The van der Waals surface area contributed by atoms with Crippen LogP contribution in [0.1, 0.15) is 18.4 Å². The van der Waals surface area contributed by atoms with Crippen LogP contribution >= 0.6 is 23.2 Å². The van der Waals surface area contributed by atoms with E-state index in [4.69, 9.17) is 33.2 Å². The quantitative estimate of drug-likeness (QED) is 0.526. The molecule has 0 radical (unpaired) electrons. The van der Waals surface area contributed by atoms with Crippen molar-refractivity contribution in [2.24, 2.45) is 0 Å². The SMILES string of the molecule is N#CCCCOc1cccc(NC(=O)C=Cc2ccc(Cl)c(Cl)c2)c1. The summed E-state index contributed by atoms with van der Waals surface area (Å²) in [6.45, 7) is 0.461. The van der Waals surface area contributed by atoms with Crippen LogP contribution in [0.2, 0.25) is 10.0 Å². The molecule has 0 atom stereocenters. The van der Waals surface area contributed by atoms with E-state index in [0.717, 1.165) is 5.56 Å². The van der Waals surface area contributed by atoms with E-state index < -0.39 is 0 Å². The molecule has 0 unspecified atom stereocenters. The van der Waals surface area contributed by atoms with Gasteiger partial charge in [-0.05, 0) is 42.3 Å². The summed E-state index contributed by atoms with van der Waals surface area (Å²) in [6, 6.07) is 14.3. The molecule has 1 N–H and O–H groups in total. The lowest BCUT2D eigenvalue weighted by atomic mass is 10.2. The van der Waals surface area contributed by atoms with E-state index in [1.54, 1.807) is 48.5 Å². The van der Waals surface area contributed by atoms with E-state index >= 15 is 0 Å². The lowest BCUT2D eigenvalue weighted by Crippen LogP contribution is -2.08. The van der Waals surface area contributed by atoms with Gasteiger partial charge < -0.3 is 10.1 Å². The lowest BCUT2D eigenvalue weighted by molar-refractivity contribution is -0.111. The summed E-state index contributed by atoms with van der Waals surface area (Å²) >= 11 is 11.8. The maximum Gasteiger partial charge on any atom is 0.248 e. The molecule has 25 heavy (non-hydrogen) atoms. The number of rotatable bonds is 7. The van der Waals surface area contributed by atoms with E-state index in [1.165, 1.54) is 6.08 Å². The van der Waals surface area contributed by atoms with Crippen molar-refractivity contribution in [3.63, 3.8) is 0 Å². The smallest absolute Gasteiger partial charge is 0.248 e. The molecular formula is C19H16Cl2N2O2. The molecule has 0 aromatic heterocycles. The van der Waals surface area contributed by atoms with Crippen LogP contribution in [0.25, 0.3) is 6.08 Å². The van der Waals surface area contributed by atoms with Crippen molar-refractivity contribution in [2.75, 3.05) is 11.9 Å². The third-order valence-corrected chi connectivity index (χ3v) is 3.91. The standard InChI is InChI=1S/C19H16Cl2N2O2/c20-17-8-6-14(12-18(17)21)7-9-19(24)23-15-4-3-5-16(13-15)25-11-2-1-10-22/h3-9,12-13H,1-2,11H2,(H,23,24). The number of hydrogen-bond donors (Lipinski definition) is 1. The maximum atomic E-state index is 12.0. The summed E-state index contributed by atoms with van der Waals surface area (Å²) in [6.07, 6.45) is 4.19. The van der Waals surface area contributed by atoms with Gasteiger partial charge in [0.1, 0.15) is 5.75 Å². The molecule has 2 aromatic carbocycles. The maximum absolute atomic E-state index is 12.0. The number of hydrogen-bond acceptors (Lipinski definition) is 3. The Hall–Kier alpha value is -2.48. The van der Waals surface area contributed by atoms with Crippen molar-refractivity contribution in [3.05, 3.63) is 64.1 Å². The molecule has 128 valence electrons. The van der Waals surface area contributed by atoms with Gasteiger partial charge in [0.25, 0.3) is 0 Å². The Morgan fingerprint density at radius 1 is 1.20 bits per heavy atom. The van der Waals surface area contributed by atoms with Gasteiger partial charge in [-0.2, -0.15) is 5.26 Å². The van der Waals surface area contributed by atoms with Gasteiger partial charge >= 0.3 is 0 Å². The Labute approximate surface area is 156 Å². The first-order valence-corrected chi connectivity index (χ1v) is 8.38. The molecule has 2 aromatic rings. The zero-order chi connectivity index (χ0) is 18.1. The highest BCUT2D eigenvalue weighted by atomic mass is 35.5. The number of nitrogens with one attached hydrogen (secondary N) is 1. The first-order chi connectivity index (χ1) is 12.1. The van der Waals surface area contributed by atoms with Gasteiger partial charge in [0.2, 0.25) is 5.91 Å². The Morgan fingerprint density at radius 2 is 2.04 bits per heavy atom. The van der Waals surface area contributed by atoms with E-state index in [1.807, 2.05) is 0 Å². The molecule has 0 saturated heterocycles. The highest BCUT2D eigenvalue weighted by molar-refractivity contribution is 6.42. The third kappa shape index (κ3) is 6.50. The number of amides is 1. The van der Waals surface area contributed by atoms with Gasteiger partial charge in [0.15, 0.2) is 0 Å². The average molecular weight is 375 g/mol. The van der Waals surface area contributed by atoms with Gasteiger partial charge in [-0.1, -0.05) is 35.3 Å². The van der Waals surface area contributed by atoms with Gasteiger partial charge in [-0.25, -0.2) is 0 Å². The van der Waals surface area contributed by atoms with Crippen molar-refractivity contribution in [3.8, 4) is 11.8 Å². The van der Waals surface area contributed by atoms with Crippen molar-refractivity contribution in [2.45, 2.75) is 12.8 Å². The Bertz CT molecular complexity index is 813. The number of halogens is 2. The third-order valence-electron chi connectivity index (χ3n) is 3.17. The molecule has 0 heterocycles. The van der Waals surface area contributed by atoms with Crippen LogP contribution in [0.15, 0.2) is 48.5 Å². The van der Waals surface area contributed by atoms with E-state index in [-0.39, 0.29) is 5.91 Å². The van der Waals surface area contributed by atoms with E-state index in [2.05, 4.69) is 11.4 Å². The second kappa shape index (κ2) is 9.73. The van der Waals surface area contributed by atoms with Gasteiger partial charge in [-0.3, -0.25) is 4.79 Å². The first-order valence-electron chi connectivity index (χ1n) is 7.62. The highest BCUT2D eigenvalue weighted by Crippen LogP contribution is 2.23. The van der Waals surface area contributed by atoms with Crippen LogP contribution in [-0.4, -0.2) is 12.5 Å².